The van der Waals surface area contributed by atoms with Gasteiger partial charge in [-0.15, -0.1) is 0 Å². The Morgan fingerprint density at radius 1 is 1.21 bits per heavy atom. The minimum absolute atomic E-state index is 0.176. The van der Waals surface area contributed by atoms with Crippen molar-refractivity contribution < 1.29 is 27.3 Å². The van der Waals surface area contributed by atoms with E-state index in [0.29, 0.717) is 22.3 Å². The van der Waals surface area contributed by atoms with E-state index in [4.69, 9.17) is 9.15 Å². The lowest BCUT2D eigenvalue weighted by Crippen LogP contribution is -2.14. The van der Waals surface area contributed by atoms with Gasteiger partial charge in [-0.3, -0.25) is 14.8 Å². The van der Waals surface area contributed by atoms with Crippen LogP contribution < -0.4 is 4.72 Å². The van der Waals surface area contributed by atoms with Crippen LogP contribution in [-0.2, 0) is 14.8 Å². The smallest absolute Gasteiger partial charge is 0.342 e. The molecule has 1 N–H and O–H groups in total. The zero-order valence-electron chi connectivity index (χ0n) is 15.9. The van der Waals surface area contributed by atoms with Crippen LogP contribution in [0.2, 0.25) is 0 Å². The van der Waals surface area contributed by atoms with Gasteiger partial charge >= 0.3 is 5.97 Å². The van der Waals surface area contributed by atoms with Crippen LogP contribution in [0.1, 0.15) is 28.6 Å². The predicted molar refractivity (Wildman–Crippen MR) is 106 cm³/mol. The van der Waals surface area contributed by atoms with E-state index in [-0.39, 0.29) is 28.4 Å². The van der Waals surface area contributed by atoms with Gasteiger partial charge in [0.15, 0.2) is 0 Å². The number of nitrogens with zero attached hydrogens (tertiary/aromatic N) is 1. The van der Waals surface area contributed by atoms with E-state index >= 15 is 0 Å². The number of sulfonamides is 1. The van der Waals surface area contributed by atoms with Crippen LogP contribution in [0, 0.1) is 24.0 Å². The molecular formula is C19H18N2O7S. The number of carbonyl (C=O) groups is 1. The van der Waals surface area contributed by atoms with Gasteiger partial charge in [0.25, 0.3) is 15.7 Å². The van der Waals surface area contributed by atoms with E-state index in [1.807, 2.05) is 0 Å². The van der Waals surface area contributed by atoms with Crippen LogP contribution in [0.25, 0.3) is 11.0 Å². The lowest BCUT2D eigenvalue weighted by atomic mass is 10.1. The third-order valence-corrected chi connectivity index (χ3v) is 5.79. The molecule has 0 spiro atoms. The summed E-state index contributed by atoms with van der Waals surface area (Å²) < 4.78 is 38.6. The molecule has 0 fully saturated rings. The molecular weight excluding hydrogens is 400 g/mol. The molecule has 1 aromatic heterocycles. The number of nitro benzene ring substituents is 1. The van der Waals surface area contributed by atoms with Gasteiger partial charge in [-0.2, -0.15) is 0 Å². The molecule has 0 amide bonds. The quantitative estimate of drug-likeness (QED) is 0.365. The number of nitro groups is 1. The number of anilines is 1. The molecule has 1 heterocycles. The highest BCUT2D eigenvalue weighted by atomic mass is 32.2. The zero-order valence-corrected chi connectivity index (χ0v) is 16.7. The van der Waals surface area contributed by atoms with Crippen molar-refractivity contribution in [2.24, 2.45) is 0 Å². The molecule has 152 valence electrons. The SMILES string of the molecule is CCOC(=O)c1c(C)oc2ccc(NS(=O)(=O)c3cc([N+](=O)[O-])ccc3C)cc12. The number of furan rings is 1. The van der Waals surface area contributed by atoms with Crippen molar-refractivity contribution in [3.63, 3.8) is 0 Å². The number of nitrogens with one attached hydrogen (secondary N) is 1. The van der Waals surface area contributed by atoms with Gasteiger partial charge in [0.2, 0.25) is 0 Å². The van der Waals surface area contributed by atoms with Crippen molar-refractivity contribution in [1.29, 1.82) is 0 Å². The number of carbonyl (C=O) groups excluding carboxylic acids is 1. The molecule has 0 radical (unpaired) electrons. The summed E-state index contributed by atoms with van der Waals surface area (Å²) in [7, 11) is -4.11. The fraction of sp³-hybridized carbons (Fsp3) is 0.211. The predicted octanol–water partition coefficient (Wildman–Crippen LogP) is 3.94. The van der Waals surface area contributed by atoms with E-state index in [2.05, 4.69) is 4.72 Å². The summed E-state index contributed by atoms with van der Waals surface area (Å²) in [5, 5.41) is 11.4. The zero-order chi connectivity index (χ0) is 21.3. The average molecular weight is 418 g/mol. The molecule has 9 nitrogen and oxygen atoms in total. The molecule has 29 heavy (non-hydrogen) atoms. The van der Waals surface area contributed by atoms with Crippen LogP contribution in [0.5, 0.6) is 0 Å². The van der Waals surface area contributed by atoms with Crippen molar-refractivity contribution in [2.75, 3.05) is 11.3 Å². The number of ether oxygens (including phenoxy) is 1. The van der Waals surface area contributed by atoms with Gasteiger partial charge in [0.1, 0.15) is 16.9 Å². The maximum absolute atomic E-state index is 12.8. The minimum Gasteiger partial charge on any atom is -0.462 e. The number of esters is 1. The number of aryl methyl sites for hydroxylation is 2. The van der Waals surface area contributed by atoms with Gasteiger partial charge in [-0.05, 0) is 44.5 Å². The Hall–Kier alpha value is -3.40. The number of rotatable bonds is 6. The highest BCUT2D eigenvalue weighted by Gasteiger charge is 2.23. The first-order valence-electron chi connectivity index (χ1n) is 8.62. The first-order chi connectivity index (χ1) is 13.6. The van der Waals surface area contributed by atoms with Crippen LogP contribution in [0.15, 0.2) is 45.7 Å². The fourth-order valence-corrected chi connectivity index (χ4v) is 4.26. The van der Waals surface area contributed by atoms with Crippen molar-refractivity contribution in [3.05, 3.63) is 63.4 Å². The fourth-order valence-electron chi connectivity index (χ4n) is 2.94. The topological polar surface area (TPSA) is 129 Å². The molecule has 10 heteroatoms. The van der Waals surface area contributed by atoms with Crippen LogP contribution >= 0.6 is 0 Å². The summed E-state index contributed by atoms with van der Waals surface area (Å²) in [5.41, 5.74) is 0.821. The molecule has 0 aliphatic rings. The second-order valence-electron chi connectivity index (χ2n) is 6.28. The third-order valence-electron chi connectivity index (χ3n) is 4.27. The highest BCUT2D eigenvalue weighted by Crippen LogP contribution is 2.30. The third kappa shape index (κ3) is 3.92. The number of benzene rings is 2. The van der Waals surface area contributed by atoms with Gasteiger partial charge in [-0.1, -0.05) is 6.07 Å². The molecule has 0 saturated heterocycles. The molecule has 3 rings (SSSR count). The first-order valence-corrected chi connectivity index (χ1v) is 10.1. The van der Waals surface area contributed by atoms with Gasteiger partial charge in [-0.25, -0.2) is 13.2 Å². The molecule has 0 bridgehead atoms. The second kappa shape index (κ2) is 7.55. The van der Waals surface area contributed by atoms with Gasteiger partial charge in [0, 0.05) is 23.2 Å². The van der Waals surface area contributed by atoms with Crippen LogP contribution in [0.4, 0.5) is 11.4 Å². The molecule has 0 aliphatic carbocycles. The number of hydrogen-bond donors (Lipinski definition) is 1. The van der Waals surface area contributed by atoms with Gasteiger partial charge in [0.05, 0.1) is 16.4 Å². The average Bonchev–Trinajstić information content (AvgIpc) is 2.96. The summed E-state index contributed by atoms with van der Waals surface area (Å²) in [4.78, 5) is 22.3. The summed E-state index contributed by atoms with van der Waals surface area (Å²) in [5.74, 6) is -0.216. The van der Waals surface area contributed by atoms with E-state index in [0.717, 1.165) is 6.07 Å². The molecule has 0 atom stereocenters. The Kier molecular flexibility index (Phi) is 5.29. The van der Waals surface area contributed by atoms with E-state index in [1.165, 1.54) is 30.3 Å². The maximum atomic E-state index is 12.8. The maximum Gasteiger partial charge on any atom is 0.342 e. The molecule has 0 aliphatic heterocycles. The molecule has 2 aromatic carbocycles. The highest BCUT2D eigenvalue weighted by molar-refractivity contribution is 7.92. The Morgan fingerprint density at radius 2 is 1.93 bits per heavy atom. The van der Waals surface area contributed by atoms with E-state index in [9.17, 15) is 23.3 Å². The summed E-state index contributed by atoms with van der Waals surface area (Å²) >= 11 is 0. The lowest BCUT2D eigenvalue weighted by Gasteiger charge is -2.10. The first kappa shape index (κ1) is 20.3. The molecule has 0 unspecified atom stereocenters. The summed E-state index contributed by atoms with van der Waals surface area (Å²) in [6.07, 6.45) is 0. The van der Waals surface area contributed by atoms with Crippen molar-refractivity contribution in [3.8, 4) is 0 Å². The largest absolute Gasteiger partial charge is 0.462 e. The normalized spacial score (nSPS) is 11.4. The van der Waals surface area contributed by atoms with Crippen molar-refractivity contribution in [1.82, 2.24) is 0 Å². The Balaban J connectivity index is 2.04. The molecule has 3 aromatic rings. The molecule has 0 saturated carbocycles. The van der Waals surface area contributed by atoms with E-state index in [1.54, 1.807) is 20.8 Å². The number of fused-ring (bicyclic) bond motifs is 1. The monoisotopic (exact) mass is 418 g/mol. The number of hydrogen-bond acceptors (Lipinski definition) is 7. The van der Waals surface area contributed by atoms with Crippen LogP contribution in [0.3, 0.4) is 0 Å². The minimum atomic E-state index is -4.11. The number of non-ortho nitro benzene ring substituents is 1. The standard InChI is InChI=1S/C19H18N2O7S/c1-4-27-19(22)18-12(3)28-16-8-6-13(9-15(16)18)20-29(25,26)17-10-14(21(23)24)7-5-11(17)2/h5-10,20H,4H2,1-3H3. The van der Waals surface area contributed by atoms with Crippen molar-refractivity contribution in [2.45, 2.75) is 25.7 Å². The Morgan fingerprint density at radius 3 is 2.59 bits per heavy atom. The summed E-state index contributed by atoms with van der Waals surface area (Å²) in [6.45, 7) is 5.02. The van der Waals surface area contributed by atoms with Crippen molar-refractivity contribution >= 4 is 38.3 Å². The van der Waals surface area contributed by atoms with E-state index < -0.39 is 20.9 Å². The van der Waals surface area contributed by atoms with Gasteiger partial charge < -0.3 is 9.15 Å². The Bertz CT molecular complexity index is 1230. The summed E-state index contributed by atoms with van der Waals surface area (Å²) in [6, 6.07) is 8.08. The second-order valence-corrected chi connectivity index (χ2v) is 7.93. The lowest BCUT2D eigenvalue weighted by molar-refractivity contribution is -0.385. The van der Waals surface area contributed by atoms with Crippen LogP contribution in [-0.4, -0.2) is 25.9 Å². The Labute approximate surface area is 166 Å².